The van der Waals surface area contributed by atoms with Crippen molar-refractivity contribution in [1.82, 2.24) is 0 Å². The molecule has 0 aliphatic rings. The lowest BCUT2D eigenvalue weighted by Crippen LogP contribution is -2.16. The Balaban J connectivity index is 2.95. The molecule has 0 radical (unpaired) electrons. The number of amides is 1. The highest BCUT2D eigenvalue weighted by Gasteiger charge is 2.09. The first kappa shape index (κ1) is 12.8. The Kier molecular flexibility index (Phi) is 4.28. The zero-order valence-electron chi connectivity index (χ0n) is 9.34. The van der Waals surface area contributed by atoms with Crippen molar-refractivity contribution in [3.8, 4) is 5.75 Å². The van der Waals surface area contributed by atoms with Crippen LogP contribution in [0.25, 0.3) is 6.08 Å². The third-order valence-corrected chi connectivity index (χ3v) is 2.11. The minimum atomic E-state index is -1.09. The summed E-state index contributed by atoms with van der Waals surface area (Å²) in [6.45, 7) is 0. The normalized spacial score (nSPS) is 11.0. The van der Waals surface area contributed by atoms with Gasteiger partial charge in [0.15, 0.2) is 0 Å². The Labute approximate surface area is 98.5 Å². The standard InChI is InChI=1S/C12H13NO4/c1-17-10-4-2-8(3-5-10)6-9(12(13)16)7-11(14)15/h2-6H,7H2,1H3,(H2,13,16)(H,14,15). The minimum Gasteiger partial charge on any atom is -0.497 e. The van der Waals surface area contributed by atoms with Crippen LogP contribution in [0.1, 0.15) is 12.0 Å². The van der Waals surface area contributed by atoms with Gasteiger partial charge in [-0.1, -0.05) is 12.1 Å². The van der Waals surface area contributed by atoms with Crippen LogP contribution in [0.3, 0.4) is 0 Å². The summed E-state index contributed by atoms with van der Waals surface area (Å²) in [5, 5.41) is 8.62. The molecule has 90 valence electrons. The van der Waals surface area contributed by atoms with Crippen molar-refractivity contribution in [2.45, 2.75) is 6.42 Å². The summed E-state index contributed by atoms with van der Waals surface area (Å²) in [6.07, 6.45) is 1.07. The zero-order chi connectivity index (χ0) is 12.8. The number of carbonyl (C=O) groups excluding carboxylic acids is 1. The first-order chi connectivity index (χ1) is 8.02. The number of carboxylic acids is 1. The first-order valence-electron chi connectivity index (χ1n) is 4.89. The largest absolute Gasteiger partial charge is 0.497 e. The molecule has 5 nitrogen and oxygen atoms in total. The molecule has 0 heterocycles. The van der Waals surface area contributed by atoms with Crippen molar-refractivity contribution in [3.05, 3.63) is 35.4 Å². The maximum absolute atomic E-state index is 11.0. The highest BCUT2D eigenvalue weighted by atomic mass is 16.5. The van der Waals surface area contributed by atoms with Crippen LogP contribution in [-0.4, -0.2) is 24.1 Å². The highest BCUT2D eigenvalue weighted by molar-refractivity contribution is 6.00. The number of primary amides is 1. The fourth-order valence-electron chi connectivity index (χ4n) is 1.27. The van der Waals surface area contributed by atoms with Gasteiger partial charge in [0, 0.05) is 5.57 Å². The average Bonchev–Trinajstić information content (AvgIpc) is 2.28. The van der Waals surface area contributed by atoms with Crippen LogP contribution >= 0.6 is 0 Å². The van der Waals surface area contributed by atoms with Gasteiger partial charge in [-0.3, -0.25) is 9.59 Å². The first-order valence-corrected chi connectivity index (χ1v) is 4.89. The molecule has 0 spiro atoms. The smallest absolute Gasteiger partial charge is 0.308 e. The fourth-order valence-corrected chi connectivity index (χ4v) is 1.27. The number of carbonyl (C=O) groups is 2. The Morgan fingerprint density at radius 1 is 1.35 bits per heavy atom. The molecule has 0 saturated heterocycles. The summed E-state index contributed by atoms with van der Waals surface area (Å²) in [4.78, 5) is 21.6. The molecule has 0 atom stereocenters. The van der Waals surface area contributed by atoms with Gasteiger partial charge in [-0.15, -0.1) is 0 Å². The third kappa shape index (κ3) is 3.98. The van der Waals surface area contributed by atoms with Crippen molar-refractivity contribution in [1.29, 1.82) is 0 Å². The summed E-state index contributed by atoms with van der Waals surface area (Å²) in [6, 6.07) is 6.85. The van der Waals surface area contributed by atoms with Gasteiger partial charge in [0.2, 0.25) is 5.91 Å². The Bertz CT molecular complexity index is 448. The van der Waals surface area contributed by atoms with E-state index >= 15 is 0 Å². The van der Waals surface area contributed by atoms with Crippen LogP contribution in [0.5, 0.6) is 5.75 Å². The van der Waals surface area contributed by atoms with Gasteiger partial charge in [0.05, 0.1) is 13.5 Å². The number of benzene rings is 1. The van der Waals surface area contributed by atoms with E-state index in [4.69, 9.17) is 15.6 Å². The molecule has 0 aliphatic carbocycles. The van der Waals surface area contributed by atoms with Gasteiger partial charge < -0.3 is 15.6 Å². The number of nitrogens with two attached hydrogens (primary N) is 1. The van der Waals surface area contributed by atoms with Crippen molar-refractivity contribution < 1.29 is 19.4 Å². The third-order valence-electron chi connectivity index (χ3n) is 2.11. The topological polar surface area (TPSA) is 89.6 Å². The number of aliphatic carboxylic acids is 1. The summed E-state index contributed by atoms with van der Waals surface area (Å²) >= 11 is 0. The number of hydrogen-bond donors (Lipinski definition) is 2. The second-order valence-corrected chi connectivity index (χ2v) is 3.38. The molecule has 0 saturated carbocycles. The van der Waals surface area contributed by atoms with Gasteiger partial charge in [0.25, 0.3) is 0 Å². The van der Waals surface area contributed by atoms with E-state index in [0.717, 1.165) is 0 Å². The van der Waals surface area contributed by atoms with Crippen LogP contribution in [0, 0.1) is 0 Å². The molecule has 5 heteroatoms. The Morgan fingerprint density at radius 2 is 1.94 bits per heavy atom. The number of hydrogen-bond acceptors (Lipinski definition) is 3. The predicted octanol–water partition coefficient (Wildman–Crippen LogP) is 1.04. The number of carboxylic acid groups (broad SMARTS) is 1. The van der Waals surface area contributed by atoms with Crippen LogP contribution in [0.4, 0.5) is 0 Å². The van der Waals surface area contributed by atoms with Gasteiger partial charge in [0.1, 0.15) is 5.75 Å². The van der Waals surface area contributed by atoms with E-state index in [1.54, 1.807) is 31.4 Å². The van der Waals surface area contributed by atoms with E-state index in [9.17, 15) is 9.59 Å². The molecule has 0 bridgehead atoms. The molecular weight excluding hydrogens is 222 g/mol. The predicted molar refractivity (Wildman–Crippen MR) is 62.4 cm³/mol. The van der Waals surface area contributed by atoms with Gasteiger partial charge in [-0.2, -0.15) is 0 Å². The second-order valence-electron chi connectivity index (χ2n) is 3.38. The lowest BCUT2D eigenvalue weighted by atomic mass is 10.1. The van der Waals surface area contributed by atoms with E-state index in [1.807, 2.05) is 0 Å². The van der Waals surface area contributed by atoms with Crippen molar-refractivity contribution in [3.63, 3.8) is 0 Å². The summed E-state index contributed by atoms with van der Waals surface area (Å²) < 4.78 is 4.98. The Hall–Kier alpha value is -2.30. The quantitative estimate of drug-likeness (QED) is 0.746. The van der Waals surface area contributed by atoms with E-state index in [0.29, 0.717) is 11.3 Å². The molecule has 17 heavy (non-hydrogen) atoms. The van der Waals surface area contributed by atoms with E-state index in [-0.39, 0.29) is 12.0 Å². The van der Waals surface area contributed by atoms with Gasteiger partial charge in [-0.25, -0.2) is 0 Å². The second kappa shape index (κ2) is 5.69. The molecule has 1 amide bonds. The lowest BCUT2D eigenvalue weighted by Gasteiger charge is -2.02. The molecule has 0 aromatic heterocycles. The SMILES string of the molecule is COc1ccc(C=C(CC(=O)O)C(N)=O)cc1. The number of rotatable bonds is 5. The molecule has 0 fully saturated rings. The molecule has 0 unspecified atom stereocenters. The van der Waals surface area contributed by atoms with Crippen LogP contribution in [-0.2, 0) is 9.59 Å². The van der Waals surface area contributed by atoms with E-state index in [2.05, 4.69) is 0 Å². The monoisotopic (exact) mass is 235 g/mol. The van der Waals surface area contributed by atoms with Gasteiger partial charge >= 0.3 is 5.97 Å². The molecule has 1 aromatic rings. The van der Waals surface area contributed by atoms with Crippen molar-refractivity contribution in [2.75, 3.05) is 7.11 Å². The number of ether oxygens (including phenoxy) is 1. The van der Waals surface area contributed by atoms with E-state index < -0.39 is 11.9 Å². The van der Waals surface area contributed by atoms with E-state index in [1.165, 1.54) is 6.08 Å². The van der Waals surface area contributed by atoms with Crippen LogP contribution in [0.15, 0.2) is 29.8 Å². The fraction of sp³-hybridized carbons (Fsp3) is 0.167. The average molecular weight is 235 g/mol. The molecule has 0 aliphatic heterocycles. The number of methoxy groups -OCH3 is 1. The molecule has 1 rings (SSSR count). The maximum atomic E-state index is 11.0. The lowest BCUT2D eigenvalue weighted by molar-refractivity contribution is -0.136. The van der Waals surface area contributed by atoms with Crippen LogP contribution < -0.4 is 10.5 Å². The highest BCUT2D eigenvalue weighted by Crippen LogP contribution is 2.15. The molecule has 3 N–H and O–H groups in total. The molecule has 1 aromatic carbocycles. The summed E-state index contributed by atoms with van der Waals surface area (Å²) in [7, 11) is 1.55. The molecular formula is C12H13NO4. The zero-order valence-corrected chi connectivity index (χ0v) is 9.34. The summed E-state index contributed by atoms with van der Waals surface area (Å²) in [5.41, 5.74) is 5.85. The maximum Gasteiger partial charge on any atom is 0.308 e. The van der Waals surface area contributed by atoms with Crippen LogP contribution in [0.2, 0.25) is 0 Å². The minimum absolute atomic E-state index is 0.0580. The summed E-state index contributed by atoms with van der Waals surface area (Å²) in [5.74, 6) is -1.15. The van der Waals surface area contributed by atoms with Crippen molar-refractivity contribution >= 4 is 18.0 Å². The van der Waals surface area contributed by atoms with Gasteiger partial charge in [-0.05, 0) is 23.8 Å². The van der Waals surface area contributed by atoms with Crippen molar-refractivity contribution in [2.24, 2.45) is 5.73 Å². The Morgan fingerprint density at radius 3 is 2.35 bits per heavy atom.